The number of thiazole rings is 1. The summed E-state index contributed by atoms with van der Waals surface area (Å²) < 4.78 is 0. The van der Waals surface area contributed by atoms with Gasteiger partial charge in [-0.1, -0.05) is 30.3 Å². The van der Waals surface area contributed by atoms with Gasteiger partial charge < -0.3 is 10.2 Å². The van der Waals surface area contributed by atoms with Crippen molar-refractivity contribution < 1.29 is 4.79 Å². The van der Waals surface area contributed by atoms with Gasteiger partial charge >= 0.3 is 0 Å². The third kappa shape index (κ3) is 3.36. The van der Waals surface area contributed by atoms with Crippen LogP contribution in [0.5, 0.6) is 0 Å². The Bertz CT molecular complexity index is 653. The molecular formula is C17H21N3OS. The highest BCUT2D eigenvalue weighted by atomic mass is 32.1. The summed E-state index contributed by atoms with van der Waals surface area (Å²) in [4.78, 5) is 20.0. The van der Waals surface area contributed by atoms with E-state index in [1.807, 2.05) is 30.0 Å². The van der Waals surface area contributed by atoms with Crippen LogP contribution in [0.4, 0.5) is 0 Å². The molecule has 1 aliphatic heterocycles. The maximum Gasteiger partial charge on any atom is 0.265 e. The molecule has 1 unspecified atom stereocenters. The van der Waals surface area contributed by atoms with Crippen molar-refractivity contribution in [3.05, 3.63) is 51.5 Å². The summed E-state index contributed by atoms with van der Waals surface area (Å²) in [6.45, 7) is 6.45. The van der Waals surface area contributed by atoms with Crippen LogP contribution < -0.4 is 5.32 Å². The van der Waals surface area contributed by atoms with Crippen molar-refractivity contribution in [1.82, 2.24) is 15.2 Å². The second kappa shape index (κ2) is 6.58. The Morgan fingerprint density at radius 1 is 1.41 bits per heavy atom. The molecule has 0 bridgehead atoms. The second-order valence-corrected chi connectivity index (χ2v) is 6.87. The van der Waals surface area contributed by atoms with Gasteiger partial charge in [0, 0.05) is 32.1 Å². The summed E-state index contributed by atoms with van der Waals surface area (Å²) in [5.41, 5.74) is 2.08. The molecule has 4 nitrogen and oxygen atoms in total. The predicted octanol–water partition coefficient (Wildman–Crippen LogP) is 2.48. The minimum atomic E-state index is 0.127. The zero-order chi connectivity index (χ0) is 15.5. The van der Waals surface area contributed by atoms with Crippen LogP contribution in [0.15, 0.2) is 30.3 Å². The van der Waals surface area contributed by atoms with Crippen LogP contribution in [-0.4, -0.2) is 41.5 Å². The fraction of sp³-hybridized carbons (Fsp3) is 0.412. The summed E-state index contributed by atoms with van der Waals surface area (Å²) >= 11 is 1.53. The van der Waals surface area contributed by atoms with Crippen LogP contribution in [0.25, 0.3) is 0 Å². The number of nitrogens with one attached hydrogen (secondary N) is 1. The average Bonchev–Trinajstić information content (AvgIpc) is 2.88. The summed E-state index contributed by atoms with van der Waals surface area (Å²) in [6.07, 6.45) is 0.789. The van der Waals surface area contributed by atoms with Crippen LogP contribution in [0.3, 0.4) is 0 Å². The highest BCUT2D eigenvalue weighted by molar-refractivity contribution is 7.13. The molecule has 22 heavy (non-hydrogen) atoms. The number of nitrogens with zero attached hydrogens (tertiary/aromatic N) is 2. The SMILES string of the molecule is Cc1nc(Cc2ccccc2)sc1C(=O)N1CCNC(C)C1. The van der Waals surface area contributed by atoms with Gasteiger partial charge in [0.05, 0.1) is 10.7 Å². The highest BCUT2D eigenvalue weighted by Crippen LogP contribution is 2.23. The van der Waals surface area contributed by atoms with E-state index in [9.17, 15) is 4.79 Å². The number of benzene rings is 1. The zero-order valence-corrected chi connectivity index (χ0v) is 13.8. The molecule has 1 atom stereocenters. The van der Waals surface area contributed by atoms with Gasteiger partial charge in [0.2, 0.25) is 0 Å². The van der Waals surface area contributed by atoms with Crippen molar-refractivity contribution in [3.63, 3.8) is 0 Å². The van der Waals surface area contributed by atoms with E-state index in [4.69, 9.17) is 0 Å². The molecular weight excluding hydrogens is 294 g/mol. The molecule has 0 radical (unpaired) electrons. The molecule has 1 fully saturated rings. The number of carbonyl (C=O) groups excluding carboxylic acids is 1. The lowest BCUT2D eigenvalue weighted by molar-refractivity contribution is 0.0713. The summed E-state index contributed by atoms with van der Waals surface area (Å²) in [5.74, 6) is 0.127. The van der Waals surface area contributed by atoms with Gasteiger partial charge in [-0.2, -0.15) is 0 Å². The molecule has 3 rings (SSSR count). The van der Waals surface area contributed by atoms with Gasteiger partial charge in [-0.05, 0) is 19.4 Å². The van der Waals surface area contributed by atoms with E-state index >= 15 is 0 Å². The molecule has 2 heterocycles. The summed E-state index contributed by atoms with van der Waals surface area (Å²) in [5, 5.41) is 4.37. The number of piperazine rings is 1. The van der Waals surface area contributed by atoms with Crippen LogP contribution in [0, 0.1) is 6.92 Å². The van der Waals surface area contributed by atoms with Crippen LogP contribution in [-0.2, 0) is 6.42 Å². The first-order chi connectivity index (χ1) is 10.6. The molecule has 1 N–H and O–H groups in total. The first kappa shape index (κ1) is 15.2. The van der Waals surface area contributed by atoms with Crippen molar-refractivity contribution in [3.8, 4) is 0 Å². The first-order valence-corrected chi connectivity index (χ1v) is 8.48. The Morgan fingerprint density at radius 2 is 2.18 bits per heavy atom. The summed E-state index contributed by atoms with van der Waals surface area (Å²) in [7, 11) is 0. The van der Waals surface area contributed by atoms with Crippen molar-refractivity contribution in [1.29, 1.82) is 0 Å². The van der Waals surface area contributed by atoms with Crippen LogP contribution in [0.2, 0.25) is 0 Å². The molecule has 0 aliphatic carbocycles. The van der Waals surface area contributed by atoms with Crippen LogP contribution >= 0.6 is 11.3 Å². The highest BCUT2D eigenvalue weighted by Gasteiger charge is 2.25. The largest absolute Gasteiger partial charge is 0.335 e. The van der Waals surface area contributed by atoms with E-state index in [0.29, 0.717) is 6.04 Å². The normalized spacial score (nSPS) is 18.5. The number of amides is 1. The van der Waals surface area contributed by atoms with Crippen molar-refractivity contribution in [2.75, 3.05) is 19.6 Å². The zero-order valence-electron chi connectivity index (χ0n) is 13.0. The van der Waals surface area contributed by atoms with Gasteiger partial charge in [0.25, 0.3) is 5.91 Å². The Balaban J connectivity index is 1.75. The van der Waals surface area contributed by atoms with Gasteiger partial charge in [0.1, 0.15) is 4.88 Å². The van der Waals surface area contributed by atoms with Gasteiger partial charge in [0.15, 0.2) is 0 Å². The number of carbonyl (C=O) groups is 1. The fourth-order valence-corrected chi connectivity index (χ4v) is 3.82. The standard InChI is InChI=1S/C17H21N3OS/c1-12-11-20(9-8-18-12)17(21)16-13(2)19-15(22-16)10-14-6-4-3-5-7-14/h3-7,12,18H,8-11H2,1-2H3. The second-order valence-electron chi connectivity index (χ2n) is 5.79. The van der Waals surface area contributed by atoms with Crippen molar-refractivity contribution in [2.45, 2.75) is 26.3 Å². The van der Waals surface area contributed by atoms with E-state index < -0.39 is 0 Å². The van der Waals surface area contributed by atoms with Gasteiger partial charge in [-0.25, -0.2) is 4.98 Å². The third-order valence-corrected chi connectivity index (χ3v) is 5.03. The molecule has 1 amide bonds. The number of hydrogen-bond donors (Lipinski definition) is 1. The molecule has 1 saturated heterocycles. The van der Waals surface area contributed by atoms with Crippen molar-refractivity contribution >= 4 is 17.2 Å². The lowest BCUT2D eigenvalue weighted by atomic mass is 10.2. The van der Waals surface area contributed by atoms with Crippen LogP contribution in [0.1, 0.15) is 32.9 Å². The van der Waals surface area contributed by atoms with E-state index in [1.165, 1.54) is 16.9 Å². The predicted molar refractivity (Wildman–Crippen MR) is 89.5 cm³/mol. The number of aromatic nitrogens is 1. The van der Waals surface area contributed by atoms with Crippen molar-refractivity contribution in [2.24, 2.45) is 0 Å². The molecule has 5 heteroatoms. The van der Waals surface area contributed by atoms with Gasteiger partial charge in [-0.3, -0.25) is 4.79 Å². The Kier molecular flexibility index (Phi) is 4.55. The molecule has 2 aromatic rings. The topological polar surface area (TPSA) is 45.2 Å². The Morgan fingerprint density at radius 3 is 2.91 bits per heavy atom. The minimum Gasteiger partial charge on any atom is -0.335 e. The lowest BCUT2D eigenvalue weighted by Gasteiger charge is -2.31. The maximum absolute atomic E-state index is 12.7. The maximum atomic E-state index is 12.7. The average molecular weight is 315 g/mol. The number of aryl methyl sites for hydroxylation is 1. The van der Waals surface area contributed by atoms with E-state index in [1.54, 1.807) is 0 Å². The van der Waals surface area contributed by atoms with E-state index in [-0.39, 0.29) is 5.91 Å². The number of rotatable bonds is 3. The fourth-order valence-electron chi connectivity index (χ4n) is 2.76. The Labute approximate surface area is 135 Å². The number of hydrogen-bond acceptors (Lipinski definition) is 4. The van der Waals surface area contributed by atoms with E-state index in [2.05, 4.69) is 29.4 Å². The van der Waals surface area contributed by atoms with E-state index in [0.717, 1.165) is 41.6 Å². The molecule has 116 valence electrons. The quantitative estimate of drug-likeness (QED) is 0.946. The first-order valence-electron chi connectivity index (χ1n) is 7.66. The molecule has 1 aliphatic rings. The third-order valence-electron chi connectivity index (χ3n) is 3.89. The molecule has 0 saturated carbocycles. The monoisotopic (exact) mass is 315 g/mol. The molecule has 1 aromatic heterocycles. The minimum absolute atomic E-state index is 0.127. The molecule has 1 aromatic carbocycles. The van der Waals surface area contributed by atoms with Gasteiger partial charge in [-0.15, -0.1) is 11.3 Å². The molecule has 0 spiro atoms. The lowest BCUT2D eigenvalue weighted by Crippen LogP contribution is -2.51. The smallest absolute Gasteiger partial charge is 0.265 e. The summed E-state index contributed by atoms with van der Waals surface area (Å²) in [6, 6.07) is 10.6. The Hall–Kier alpha value is -1.72.